The lowest BCUT2D eigenvalue weighted by Gasteiger charge is -2.14. The first-order chi connectivity index (χ1) is 8.93. The van der Waals surface area contributed by atoms with Gasteiger partial charge in [0, 0.05) is 10.9 Å². The minimum Gasteiger partial charge on any atom is -0.206 e. The van der Waals surface area contributed by atoms with Crippen LogP contribution in [0.3, 0.4) is 0 Å². The van der Waals surface area contributed by atoms with E-state index in [0.29, 0.717) is 10.9 Å². The summed E-state index contributed by atoms with van der Waals surface area (Å²) in [4.78, 5) is 0. The Balaban J connectivity index is 2.65. The summed E-state index contributed by atoms with van der Waals surface area (Å²) in [5.41, 5.74) is -0.297. The van der Waals surface area contributed by atoms with Crippen molar-refractivity contribution in [1.29, 1.82) is 0 Å². The summed E-state index contributed by atoms with van der Waals surface area (Å²) in [6, 6.07) is 9.12. The molecule has 19 heavy (non-hydrogen) atoms. The van der Waals surface area contributed by atoms with Crippen LogP contribution in [-0.4, -0.2) is 0 Å². The Bertz CT molecular complexity index is 590. The highest BCUT2D eigenvalue weighted by molar-refractivity contribution is 9.08. The third kappa shape index (κ3) is 2.97. The van der Waals surface area contributed by atoms with Crippen molar-refractivity contribution in [2.24, 2.45) is 0 Å². The molecule has 0 fully saturated rings. The fourth-order valence-electron chi connectivity index (χ4n) is 1.83. The van der Waals surface area contributed by atoms with Crippen molar-refractivity contribution in [3.05, 3.63) is 59.4 Å². The summed E-state index contributed by atoms with van der Waals surface area (Å²) >= 11 is 3.20. The van der Waals surface area contributed by atoms with Crippen LogP contribution < -0.4 is 0 Å². The van der Waals surface area contributed by atoms with Crippen LogP contribution in [0.25, 0.3) is 11.1 Å². The monoisotopic (exact) mass is 332 g/mol. The lowest BCUT2D eigenvalue weighted by atomic mass is 9.97. The molecule has 0 unspecified atom stereocenters. The second kappa shape index (κ2) is 5.33. The molecular formula is C14H9BrF4. The number of rotatable bonds is 2. The van der Waals surface area contributed by atoms with Gasteiger partial charge in [0.05, 0.1) is 5.56 Å². The maximum Gasteiger partial charge on any atom is 0.417 e. The van der Waals surface area contributed by atoms with Gasteiger partial charge in [-0.1, -0.05) is 40.2 Å². The number of hydrogen-bond acceptors (Lipinski definition) is 0. The third-order valence-electron chi connectivity index (χ3n) is 2.71. The Labute approximate surface area is 116 Å². The zero-order valence-electron chi connectivity index (χ0n) is 9.64. The molecule has 2 aromatic rings. The smallest absolute Gasteiger partial charge is 0.206 e. The first-order valence-electron chi connectivity index (χ1n) is 5.44. The van der Waals surface area contributed by atoms with Crippen LogP contribution >= 0.6 is 15.9 Å². The van der Waals surface area contributed by atoms with Crippen LogP contribution in [0.2, 0.25) is 0 Å². The second-order valence-corrected chi connectivity index (χ2v) is 4.55. The van der Waals surface area contributed by atoms with Gasteiger partial charge < -0.3 is 0 Å². The summed E-state index contributed by atoms with van der Waals surface area (Å²) in [5, 5.41) is 0.453. The molecule has 0 radical (unpaired) electrons. The average Bonchev–Trinajstić information content (AvgIpc) is 2.38. The maximum absolute atomic E-state index is 13.8. The minimum absolute atomic E-state index is 0.0372. The topological polar surface area (TPSA) is 0 Å². The largest absolute Gasteiger partial charge is 0.417 e. The van der Waals surface area contributed by atoms with Crippen LogP contribution in [0.1, 0.15) is 11.1 Å². The van der Waals surface area contributed by atoms with Crippen molar-refractivity contribution in [3.63, 3.8) is 0 Å². The molecule has 0 saturated carbocycles. The van der Waals surface area contributed by atoms with Gasteiger partial charge in [0.15, 0.2) is 0 Å². The van der Waals surface area contributed by atoms with Gasteiger partial charge in [-0.15, -0.1) is 0 Å². The SMILES string of the molecule is Fc1ccc(CBr)cc1-c1ccccc1C(F)(F)F. The highest BCUT2D eigenvalue weighted by Gasteiger charge is 2.33. The standard InChI is InChI=1S/C14H9BrF4/c15-8-9-5-6-13(16)11(7-9)10-3-1-2-4-12(10)14(17,18)19/h1-7H,8H2. The van der Waals surface area contributed by atoms with Gasteiger partial charge in [0.25, 0.3) is 0 Å². The number of benzene rings is 2. The molecule has 0 nitrogen and oxygen atoms in total. The Hall–Kier alpha value is -1.36. The molecule has 0 aliphatic heterocycles. The quantitative estimate of drug-likeness (QED) is 0.509. The van der Waals surface area contributed by atoms with Gasteiger partial charge in [-0.25, -0.2) is 4.39 Å². The van der Waals surface area contributed by atoms with E-state index in [1.54, 1.807) is 0 Å². The number of alkyl halides is 4. The molecule has 0 aliphatic carbocycles. The molecular weight excluding hydrogens is 324 g/mol. The van der Waals surface area contributed by atoms with E-state index in [1.165, 1.54) is 36.4 Å². The van der Waals surface area contributed by atoms with Gasteiger partial charge in [-0.2, -0.15) is 13.2 Å². The molecule has 2 aromatic carbocycles. The van der Waals surface area contributed by atoms with Gasteiger partial charge in [0.1, 0.15) is 5.82 Å². The summed E-state index contributed by atoms with van der Waals surface area (Å²) in [5.74, 6) is -0.665. The van der Waals surface area contributed by atoms with E-state index in [2.05, 4.69) is 15.9 Å². The van der Waals surface area contributed by atoms with Crippen molar-refractivity contribution in [2.75, 3.05) is 0 Å². The van der Waals surface area contributed by atoms with Crippen LogP contribution in [0.5, 0.6) is 0 Å². The van der Waals surface area contributed by atoms with Gasteiger partial charge in [-0.05, 0) is 29.3 Å². The molecule has 2 rings (SSSR count). The fraction of sp³-hybridized carbons (Fsp3) is 0.143. The lowest BCUT2D eigenvalue weighted by Crippen LogP contribution is -2.07. The molecule has 0 spiro atoms. The van der Waals surface area contributed by atoms with Crippen molar-refractivity contribution in [3.8, 4) is 11.1 Å². The van der Waals surface area contributed by atoms with E-state index in [4.69, 9.17) is 0 Å². The first kappa shape index (κ1) is 14.1. The molecule has 5 heteroatoms. The highest BCUT2D eigenvalue weighted by atomic mass is 79.9. The van der Waals surface area contributed by atoms with Crippen molar-refractivity contribution in [1.82, 2.24) is 0 Å². The Kier molecular flexibility index (Phi) is 3.94. The number of hydrogen-bond donors (Lipinski definition) is 0. The van der Waals surface area contributed by atoms with Gasteiger partial charge in [0.2, 0.25) is 0 Å². The van der Waals surface area contributed by atoms with Gasteiger partial charge >= 0.3 is 6.18 Å². The zero-order valence-corrected chi connectivity index (χ0v) is 11.2. The molecule has 0 heterocycles. The fourth-order valence-corrected chi connectivity index (χ4v) is 2.18. The summed E-state index contributed by atoms with van der Waals surface area (Å²) in [6.07, 6.45) is -4.51. The molecule has 0 atom stereocenters. The summed E-state index contributed by atoms with van der Waals surface area (Å²) in [6.45, 7) is 0. The van der Waals surface area contributed by atoms with Crippen molar-refractivity contribution >= 4 is 15.9 Å². The summed E-state index contributed by atoms with van der Waals surface area (Å²) < 4.78 is 52.5. The normalized spacial score (nSPS) is 11.6. The molecule has 0 aliphatic rings. The Morgan fingerprint density at radius 1 is 0.947 bits per heavy atom. The summed E-state index contributed by atoms with van der Waals surface area (Å²) in [7, 11) is 0. The molecule has 0 bridgehead atoms. The minimum atomic E-state index is -4.51. The first-order valence-corrected chi connectivity index (χ1v) is 6.56. The second-order valence-electron chi connectivity index (χ2n) is 3.99. The van der Waals surface area contributed by atoms with E-state index >= 15 is 0 Å². The predicted octanol–water partition coefficient (Wildman–Crippen LogP) is 5.41. The van der Waals surface area contributed by atoms with Crippen LogP contribution in [0, 0.1) is 5.82 Å². The Morgan fingerprint density at radius 3 is 2.26 bits per heavy atom. The molecule has 0 amide bonds. The molecule has 0 aromatic heterocycles. The van der Waals surface area contributed by atoms with E-state index in [9.17, 15) is 17.6 Å². The van der Waals surface area contributed by atoms with Crippen LogP contribution in [0.15, 0.2) is 42.5 Å². The average molecular weight is 333 g/mol. The molecule has 0 saturated heterocycles. The van der Waals surface area contributed by atoms with E-state index < -0.39 is 17.6 Å². The van der Waals surface area contributed by atoms with E-state index in [0.717, 1.165) is 6.07 Å². The van der Waals surface area contributed by atoms with E-state index in [1.807, 2.05) is 0 Å². The third-order valence-corrected chi connectivity index (χ3v) is 3.36. The van der Waals surface area contributed by atoms with Crippen molar-refractivity contribution < 1.29 is 17.6 Å². The number of halogens is 5. The van der Waals surface area contributed by atoms with Crippen LogP contribution in [0.4, 0.5) is 17.6 Å². The maximum atomic E-state index is 13.8. The van der Waals surface area contributed by atoms with Gasteiger partial charge in [-0.3, -0.25) is 0 Å². The molecule has 0 N–H and O–H groups in total. The zero-order chi connectivity index (χ0) is 14.0. The lowest BCUT2D eigenvalue weighted by molar-refractivity contribution is -0.137. The Morgan fingerprint density at radius 2 is 1.63 bits per heavy atom. The predicted molar refractivity (Wildman–Crippen MR) is 69.5 cm³/mol. The molecule has 100 valence electrons. The van der Waals surface area contributed by atoms with Crippen molar-refractivity contribution in [2.45, 2.75) is 11.5 Å². The van der Waals surface area contributed by atoms with Crippen LogP contribution in [-0.2, 0) is 11.5 Å². The van der Waals surface area contributed by atoms with E-state index in [-0.39, 0.29) is 11.1 Å². The highest BCUT2D eigenvalue weighted by Crippen LogP contribution is 2.38.